The van der Waals surface area contributed by atoms with Gasteiger partial charge in [-0.1, -0.05) is 6.92 Å². The van der Waals surface area contributed by atoms with E-state index in [1.54, 1.807) is 0 Å². The van der Waals surface area contributed by atoms with Gasteiger partial charge < -0.3 is 33.2 Å². The Balaban J connectivity index is 5.02. The van der Waals surface area contributed by atoms with E-state index in [1.807, 2.05) is 6.92 Å². The van der Waals surface area contributed by atoms with Gasteiger partial charge in [-0.15, -0.1) is 0 Å². The van der Waals surface area contributed by atoms with Gasteiger partial charge in [0.2, 0.25) is 0 Å². The number of ether oxygens (including phenoxy) is 7. The quantitative estimate of drug-likeness (QED) is 0.165. The SMILES string of the molecule is CCC([SiH3])OC(=O)C(OCCOC)(OCCOC)OCCOC. The topological polar surface area (TPSA) is 81.7 Å². The summed E-state index contributed by atoms with van der Waals surface area (Å²) in [6.45, 7) is 3.14. The molecule has 0 aliphatic heterocycles. The summed E-state index contributed by atoms with van der Waals surface area (Å²) in [5.41, 5.74) is -0.148. The second-order valence-electron chi connectivity index (χ2n) is 4.70. The highest BCUT2D eigenvalue weighted by molar-refractivity contribution is 6.11. The second-order valence-corrected chi connectivity index (χ2v) is 5.99. The summed E-state index contributed by atoms with van der Waals surface area (Å²) in [6.07, 6.45) is 0.724. The molecular formula is C14H30O8Si. The maximum absolute atomic E-state index is 12.5. The molecule has 0 saturated heterocycles. The van der Waals surface area contributed by atoms with E-state index in [-0.39, 0.29) is 45.4 Å². The van der Waals surface area contributed by atoms with Crippen molar-refractivity contribution in [3.63, 3.8) is 0 Å². The lowest BCUT2D eigenvalue weighted by Gasteiger charge is -2.31. The van der Waals surface area contributed by atoms with Crippen LogP contribution in [0.4, 0.5) is 0 Å². The zero-order valence-electron chi connectivity index (χ0n) is 14.8. The summed E-state index contributed by atoms with van der Waals surface area (Å²) in [7, 11) is 5.30. The highest BCUT2D eigenvalue weighted by Crippen LogP contribution is 2.19. The highest BCUT2D eigenvalue weighted by Gasteiger charge is 2.45. The van der Waals surface area contributed by atoms with E-state index in [9.17, 15) is 4.79 Å². The zero-order chi connectivity index (χ0) is 17.6. The third-order valence-corrected chi connectivity index (χ3v) is 3.92. The molecule has 0 aromatic rings. The molecule has 0 spiro atoms. The molecule has 0 amide bonds. The van der Waals surface area contributed by atoms with Crippen LogP contribution in [0.5, 0.6) is 0 Å². The van der Waals surface area contributed by atoms with E-state index in [0.717, 1.165) is 6.42 Å². The predicted molar refractivity (Wildman–Crippen MR) is 86.3 cm³/mol. The maximum atomic E-state index is 12.5. The molecule has 0 radical (unpaired) electrons. The summed E-state index contributed by atoms with van der Waals surface area (Å²) in [5, 5.41) is 0. The Morgan fingerprint density at radius 1 is 0.870 bits per heavy atom. The minimum Gasteiger partial charge on any atom is -0.461 e. The summed E-state index contributed by atoms with van der Waals surface area (Å²) in [4.78, 5) is 12.5. The van der Waals surface area contributed by atoms with Crippen molar-refractivity contribution < 1.29 is 38.0 Å². The van der Waals surface area contributed by atoms with Gasteiger partial charge in [-0.05, 0) is 6.42 Å². The molecule has 9 heteroatoms. The van der Waals surface area contributed by atoms with Crippen LogP contribution in [0.2, 0.25) is 0 Å². The molecule has 23 heavy (non-hydrogen) atoms. The molecule has 0 aliphatic rings. The average molecular weight is 354 g/mol. The second kappa shape index (κ2) is 13.8. The number of rotatable bonds is 15. The van der Waals surface area contributed by atoms with Crippen molar-refractivity contribution in [2.75, 3.05) is 61.0 Å². The van der Waals surface area contributed by atoms with Gasteiger partial charge in [-0.3, -0.25) is 0 Å². The minimum atomic E-state index is -1.94. The molecule has 0 aromatic carbocycles. The van der Waals surface area contributed by atoms with Crippen LogP contribution in [0, 0.1) is 0 Å². The first-order valence-electron chi connectivity index (χ1n) is 7.66. The van der Waals surface area contributed by atoms with E-state index in [1.165, 1.54) is 21.3 Å². The first kappa shape index (κ1) is 22.4. The summed E-state index contributed by atoms with van der Waals surface area (Å²) in [6, 6.07) is 0. The van der Waals surface area contributed by atoms with Gasteiger partial charge in [-0.25, -0.2) is 4.79 Å². The van der Waals surface area contributed by atoms with E-state index in [4.69, 9.17) is 33.2 Å². The Bertz CT molecular complexity index is 276. The van der Waals surface area contributed by atoms with Crippen LogP contribution >= 0.6 is 0 Å². The van der Waals surface area contributed by atoms with Crippen LogP contribution < -0.4 is 0 Å². The van der Waals surface area contributed by atoms with Crippen LogP contribution in [0.1, 0.15) is 13.3 Å². The number of methoxy groups -OCH3 is 3. The van der Waals surface area contributed by atoms with Gasteiger partial charge in [0.1, 0.15) is 0 Å². The molecule has 1 atom stereocenters. The third-order valence-electron chi connectivity index (χ3n) is 2.87. The molecule has 0 bridgehead atoms. The molecule has 1 unspecified atom stereocenters. The van der Waals surface area contributed by atoms with Crippen LogP contribution in [0.3, 0.4) is 0 Å². The fourth-order valence-corrected chi connectivity index (χ4v) is 1.63. The molecule has 0 aliphatic carbocycles. The lowest BCUT2D eigenvalue weighted by molar-refractivity contribution is -0.368. The van der Waals surface area contributed by atoms with Crippen LogP contribution in [0.25, 0.3) is 0 Å². The van der Waals surface area contributed by atoms with Gasteiger partial charge in [0.05, 0.1) is 55.6 Å². The first-order valence-corrected chi connectivity index (χ1v) is 8.81. The maximum Gasteiger partial charge on any atom is 0.398 e. The van der Waals surface area contributed by atoms with Gasteiger partial charge in [0, 0.05) is 21.3 Å². The summed E-state index contributed by atoms with van der Waals surface area (Å²) in [5.74, 6) is -2.64. The van der Waals surface area contributed by atoms with E-state index >= 15 is 0 Å². The molecule has 0 rings (SSSR count). The van der Waals surface area contributed by atoms with Gasteiger partial charge >= 0.3 is 11.9 Å². The molecule has 0 saturated carbocycles. The number of carbonyl (C=O) groups is 1. The fraction of sp³-hybridized carbons (Fsp3) is 0.929. The summed E-state index contributed by atoms with van der Waals surface area (Å²) < 4.78 is 36.8. The largest absolute Gasteiger partial charge is 0.461 e. The van der Waals surface area contributed by atoms with Crippen molar-refractivity contribution >= 4 is 16.2 Å². The van der Waals surface area contributed by atoms with Crippen LogP contribution in [0.15, 0.2) is 0 Å². The van der Waals surface area contributed by atoms with Crippen molar-refractivity contribution in [1.82, 2.24) is 0 Å². The molecule has 0 heterocycles. The third kappa shape index (κ3) is 9.35. The van der Waals surface area contributed by atoms with Crippen molar-refractivity contribution in [2.45, 2.75) is 25.0 Å². The normalized spacial score (nSPS) is 13.2. The van der Waals surface area contributed by atoms with Gasteiger partial charge in [0.15, 0.2) is 0 Å². The van der Waals surface area contributed by atoms with Crippen molar-refractivity contribution in [2.24, 2.45) is 0 Å². The molecule has 138 valence electrons. The Kier molecular flexibility index (Phi) is 13.5. The van der Waals surface area contributed by atoms with Crippen molar-refractivity contribution in [3.8, 4) is 0 Å². The smallest absolute Gasteiger partial charge is 0.398 e. The molecule has 0 N–H and O–H groups in total. The van der Waals surface area contributed by atoms with Crippen LogP contribution in [-0.4, -0.2) is 88.9 Å². The summed E-state index contributed by atoms with van der Waals surface area (Å²) >= 11 is 0. The molecule has 8 nitrogen and oxygen atoms in total. The zero-order valence-corrected chi connectivity index (χ0v) is 16.8. The highest BCUT2D eigenvalue weighted by atomic mass is 28.1. The standard InChI is InChI=1S/C14H30O8Si/c1-5-12(23)22-13(15)14(19-9-6-16-2,20-10-7-17-3)21-11-8-18-4/h12H,5-11H2,1-4,23H3. The van der Waals surface area contributed by atoms with Crippen molar-refractivity contribution in [3.05, 3.63) is 0 Å². The Morgan fingerprint density at radius 3 is 1.57 bits per heavy atom. The number of hydrogen-bond acceptors (Lipinski definition) is 8. The van der Waals surface area contributed by atoms with Crippen molar-refractivity contribution in [1.29, 1.82) is 0 Å². The molecular weight excluding hydrogens is 324 g/mol. The average Bonchev–Trinajstić information content (AvgIpc) is 2.54. The Hall–Kier alpha value is -0.553. The van der Waals surface area contributed by atoms with E-state index in [2.05, 4.69) is 0 Å². The van der Waals surface area contributed by atoms with E-state index in [0.29, 0.717) is 10.2 Å². The Morgan fingerprint density at radius 2 is 1.26 bits per heavy atom. The first-order chi connectivity index (χ1) is 11.1. The Labute approximate surface area is 141 Å². The predicted octanol–water partition coefficient (Wildman–Crippen LogP) is -0.726. The number of hydrogen-bond donors (Lipinski definition) is 0. The minimum absolute atomic E-state index is 0.115. The van der Waals surface area contributed by atoms with Gasteiger partial charge in [-0.2, -0.15) is 0 Å². The lowest BCUT2D eigenvalue weighted by Crippen LogP contribution is -2.51. The molecule has 0 fully saturated rings. The fourth-order valence-electron chi connectivity index (χ4n) is 1.42. The van der Waals surface area contributed by atoms with E-state index < -0.39 is 11.9 Å². The van der Waals surface area contributed by atoms with Crippen LogP contribution in [-0.2, 0) is 38.0 Å². The lowest BCUT2D eigenvalue weighted by atomic mass is 10.5. The monoisotopic (exact) mass is 354 g/mol. The van der Waals surface area contributed by atoms with Gasteiger partial charge in [0.25, 0.3) is 0 Å². The number of carbonyl (C=O) groups excluding carboxylic acids is 1. The molecule has 0 aromatic heterocycles. The number of esters is 1.